The Hall–Kier alpha value is -0.460. The van der Waals surface area contributed by atoms with Crippen molar-refractivity contribution in [2.45, 2.75) is 36.5 Å². The number of ether oxygens (including phenoxy) is 2. The minimum absolute atomic E-state index is 0.121. The van der Waals surface area contributed by atoms with E-state index in [0.29, 0.717) is 0 Å². The molecule has 16 heavy (non-hydrogen) atoms. The van der Waals surface area contributed by atoms with E-state index in [0.717, 1.165) is 0 Å². The number of likely N-dealkylation sites (N-methyl/N-ethyl adjacent to an activating group) is 1. The average Bonchev–Trinajstić information content (AvgIpc) is 2.62. The van der Waals surface area contributed by atoms with E-state index >= 15 is 0 Å². The molecule has 0 amide bonds. The molecule has 0 radical (unpaired) electrons. The number of nitrogens with zero attached hydrogens (tertiary/aromatic N) is 1. The van der Waals surface area contributed by atoms with Gasteiger partial charge in [-0.2, -0.15) is 0 Å². The molecular formula is C11H19NO4. The van der Waals surface area contributed by atoms with Gasteiger partial charge in [0.25, 0.3) is 0 Å². The van der Waals surface area contributed by atoms with Gasteiger partial charge in [-0.05, 0) is 7.05 Å². The second-order valence-electron chi connectivity index (χ2n) is 4.41. The molecule has 6 atom stereocenters. The zero-order valence-electron chi connectivity index (χ0n) is 9.78. The Morgan fingerprint density at radius 3 is 1.62 bits per heavy atom. The van der Waals surface area contributed by atoms with Crippen LogP contribution >= 0.6 is 0 Å². The molecule has 5 nitrogen and oxygen atoms in total. The summed E-state index contributed by atoms with van der Waals surface area (Å²) in [4.78, 5) is 1.94. The first-order chi connectivity index (χ1) is 7.61. The highest BCUT2D eigenvalue weighted by molar-refractivity contribution is 5.19. The zero-order valence-corrected chi connectivity index (χ0v) is 9.78. The predicted molar refractivity (Wildman–Crippen MR) is 58.1 cm³/mol. The van der Waals surface area contributed by atoms with Gasteiger partial charge in [-0.25, -0.2) is 0 Å². The van der Waals surface area contributed by atoms with E-state index in [1.54, 1.807) is 0 Å². The topological polar surface area (TPSA) is 62.2 Å². The number of fused-ring (bicyclic) bond motifs is 2. The van der Waals surface area contributed by atoms with Crippen molar-refractivity contribution in [2.75, 3.05) is 21.3 Å². The molecule has 0 aliphatic carbocycles. The van der Waals surface area contributed by atoms with Gasteiger partial charge in [-0.15, -0.1) is 0 Å². The molecule has 0 unspecified atom stereocenters. The van der Waals surface area contributed by atoms with Crippen LogP contribution in [-0.4, -0.2) is 72.9 Å². The Balaban J connectivity index is 2.33. The van der Waals surface area contributed by atoms with E-state index in [2.05, 4.69) is 0 Å². The molecule has 5 heteroatoms. The van der Waals surface area contributed by atoms with Gasteiger partial charge >= 0.3 is 0 Å². The Morgan fingerprint density at radius 2 is 1.31 bits per heavy atom. The Morgan fingerprint density at radius 1 is 0.938 bits per heavy atom. The van der Waals surface area contributed by atoms with Crippen LogP contribution < -0.4 is 0 Å². The fourth-order valence-corrected chi connectivity index (χ4v) is 2.73. The van der Waals surface area contributed by atoms with Crippen molar-refractivity contribution in [3.05, 3.63) is 12.2 Å². The number of hydrogen-bond acceptors (Lipinski definition) is 5. The van der Waals surface area contributed by atoms with E-state index < -0.39 is 24.4 Å². The largest absolute Gasteiger partial charge is 0.388 e. The molecule has 0 spiro atoms. The second-order valence-corrected chi connectivity index (χ2v) is 4.41. The highest BCUT2D eigenvalue weighted by Crippen LogP contribution is 2.31. The van der Waals surface area contributed by atoms with E-state index in [1.807, 2.05) is 24.1 Å². The SMILES string of the molecule is CO[C@@H]1[C@@H](O)[C@H]2C=C[C@@H]([C@@H](O)[C@@H]1OC)N2C. The van der Waals surface area contributed by atoms with E-state index in [-0.39, 0.29) is 12.1 Å². The van der Waals surface area contributed by atoms with Gasteiger partial charge in [-0.1, -0.05) is 12.2 Å². The number of aliphatic hydroxyl groups excluding tert-OH is 2. The van der Waals surface area contributed by atoms with Gasteiger partial charge in [0.05, 0.1) is 12.1 Å². The smallest absolute Gasteiger partial charge is 0.114 e. The lowest BCUT2D eigenvalue weighted by Crippen LogP contribution is -2.49. The van der Waals surface area contributed by atoms with Crippen molar-refractivity contribution in [3.8, 4) is 0 Å². The van der Waals surface area contributed by atoms with Crippen LogP contribution in [0.3, 0.4) is 0 Å². The summed E-state index contributed by atoms with van der Waals surface area (Å²) in [5, 5.41) is 20.4. The van der Waals surface area contributed by atoms with Gasteiger partial charge in [0, 0.05) is 14.2 Å². The molecule has 2 rings (SSSR count). The van der Waals surface area contributed by atoms with Gasteiger partial charge < -0.3 is 19.7 Å². The fourth-order valence-electron chi connectivity index (χ4n) is 2.73. The maximum absolute atomic E-state index is 10.2. The summed E-state index contributed by atoms with van der Waals surface area (Å²) in [7, 11) is 4.93. The molecule has 2 heterocycles. The lowest BCUT2D eigenvalue weighted by atomic mass is 9.95. The van der Waals surface area contributed by atoms with Gasteiger partial charge in [0.2, 0.25) is 0 Å². The first kappa shape index (κ1) is 12.0. The maximum Gasteiger partial charge on any atom is 0.114 e. The molecule has 2 bridgehead atoms. The first-order valence-electron chi connectivity index (χ1n) is 5.43. The van der Waals surface area contributed by atoms with E-state index in [9.17, 15) is 10.2 Å². The van der Waals surface area contributed by atoms with Crippen LogP contribution in [0.25, 0.3) is 0 Å². The number of methoxy groups -OCH3 is 2. The third-order valence-electron chi connectivity index (χ3n) is 3.69. The summed E-state index contributed by atoms with van der Waals surface area (Å²) in [5.41, 5.74) is 0. The lowest BCUT2D eigenvalue weighted by Gasteiger charge is -2.31. The molecule has 0 aromatic rings. The minimum atomic E-state index is -0.696. The third kappa shape index (κ3) is 1.59. The second kappa shape index (κ2) is 4.43. The van der Waals surface area contributed by atoms with E-state index in [1.165, 1.54) is 14.2 Å². The van der Waals surface area contributed by atoms with Crippen molar-refractivity contribution in [1.82, 2.24) is 4.90 Å². The van der Waals surface area contributed by atoms with Crippen LogP contribution in [0.1, 0.15) is 0 Å². The van der Waals surface area contributed by atoms with Crippen molar-refractivity contribution in [2.24, 2.45) is 0 Å². The van der Waals surface area contributed by atoms with Crippen LogP contribution in [0.15, 0.2) is 12.2 Å². The summed E-state index contributed by atoms with van der Waals surface area (Å²) in [6, 6.07) is -0.241. The molecule has 0 aromatic carbocycles. The van der Waals surface area contributed by atoms with Gasteiger partial charge in [-0.3, -0.25) is 4.90 Å². The third-order valence-corrected chi connectivity index (χ3v) is 3.69. The van der Waals surface area contributed by atoms with Crippen LogP contribution in [0, 0.1) is 0 Å². The predicted octanol–water partition coefficient (Wildman–Crippen LogP) is -1.01. The Bertz CT molecular complexity index is 257. The fraction of sp³-hybridized carbons (Fsp3) is 0.818. The molecule has 2 N–H and O–H groups in total. The number of aliphatic hydroxyl groups is 2. The average molecular weight is 229 g/mol. The molecule has 1 saturated heterocycles. The zero-order chi connectivity index (χ0) is 11.9. The van der Waals surface area contributed by atoms with Crippen molar-refractivity contribution >= 4 is 0 Å². The molecule has 2 aliphatic heterocycles. The van der Waals surface area contributed by atoms with Crippen LogP contribution in [0.5, 0.6) is 0 Å². The molecule has 1 fully saturated rings. The lowest BCUT2D eigenvalue weighted by molar-refractivity contribution is -0.128. The van der Waals surface area contributed by atoms with E-state index in [4.69, 9.17) is 9.47 Å². The summed E-state index contributed by atoms with van der Waals surface area (Å²) >= 11 is 0. The van der Waals surface area contributed by atoms with Gasteiger partial charge in [0.1, 0.15) is 24.4 Å². The number of rotatable bonds is 2. The van der Waals surface area contributed by atoms with Gasteiger partial charge in [0.15, 0.2) is 0 Å². The highest BCUT2D eigenvalue weighted by Gasteiger charge is 2.48. The van der Waals surface area contributed by atoms with Crippen molar-refractivity contribution < 1.29 is 19.7 Å². The van der Waals surface area contributed by atoms with Crippen LogP contribution in [-0.2, 0) is 9.47 Å². The van der Waals surface area contributed by atoms with Crippen molar-refractivity contribution in [1.29, 1.82) is 0 Å². The number of hydrogen-bond donors (Lipinski definition) is 2. The summed E-state index contributed by atoms with van der Waals surface area (Å²) in [6.45, 7) is 0. The molecular weight excluding hydrogens is 210 g/mol. The Labute approximate surface area is 95.3 Å². The minimum Gasteiger partial charge on any atom is -0.388 e. The molecule has 92 valence electrons. The van der Waals surface area contributed by atoms with Crippen molar-refractivity contribution in [3.63, 3.8) is 0 Å². The van der Waals surface area contributed by atoms with Crippen LogP contribution in [0.2, 0.25) is 0 Å². The first-order valence-corrected chi connectivity index (χ1v) is 5.43. The standard InChI is InChI=1S/C11H19NO4/c1-12-6-4-5-7(12)9(14)11(16-3)10(15-2)8(6)13/h4-11,13-14H,1-3H3/t6-,7+,8+,9-,10-,11+. The summed E-state index contributed by atoms with van der Waals surface area (Å²) < 4.78 is 10.5. The maximum atomic E-state index is 10.2. The quantitative estimate of drug-likeness (QED) is 0.594. The molecule has 0 aromatic heterocycles. The monoisotopic (exact) mass is 229 g/mol. The molecule has 2 aliphatic rings. The normalized spacial score (nSPS) is 48.3. The summed E-state index contributed by atoms with van der Waals surface area (Å²) in [5.74, 6) is 0. The molecule has 0 saturated carbocycles. The Kier molecular flexibility index (Phi) is 3.32. The summed E-state index contributed by atoms with van der Waals surface area (Å²) in [6.07, 6.45) is 1.41. The van der Waals surface area contributed by atoms with Crippen LogP contribution in [0.4, 0.5) is 0 Å². The highest BCUT2D eigenvalue weighted by atomic mass is 16.5.